The molecule has 1 amide bonds. The lowest BCUT2D eigenvalue weighted by molar-refractivity contribution is -0.137. The highest BCUT2D eigenvalue weighted by Gasteiger charge is 2.34. The third-order valence-electron chi connectivity index (χ3n) is 3.59. The first kappa shape index (κ1) is 19.8. The number of benzene rings is 2. The molecule has 8 heteroatoms. The molecule has 0 heterocycles. The molecule has 0 saturated carbocycles. The molecular formula is C18H16ClF3N2O2. The van der Waals surface area contributed by atoms with Gasteiger partial charge in [0.15, 0.2) is 5.78 Å². The van der Waals surface area contributed by atoms with Gasteiger partial charge in [0.2, 0.25) is 5.91 Å². The summed E-state index contributed by atoms with van der Waals surface area (Å²) in [7, 11) is 0. The molecule has 1 unspecified atom stereocenters. The number of nitrogens with one attached hydrogen (secondary N) is 2. The Bertz CT molecular complexity index is 837. The number of rotatable bonds is 5. The molecule has 0 fully saturated rings. The fourth-order valence-corrected chi connectivity index (χ4v) is 2.42. The zero-order chi connectivity index (χ0) is 19.5. The summed E-state index contributed by atoms with van der Waals surface area (Å²) >= 11 is 5.62. The lowest BCUT2D eigenvalue weighted by Gasteiger charge is -2.18. The van der Waals surface area contributed by atoms with Crippen molar-refractivity contribution in [1.82, 2.24) is 0 Å². The molecule has 0 aliphatic rings. The van der Waals surface area contributed by atoms with E-state index >= 15 is 0 Å². The Morgan fingerprint density at radius 2 is 1.81 bits per heavy atom. The highest BCUT2D eigenvalue weighted by atomic mass is 35.5. The van der Waals surface area contributed by atoms with Crippen LogP contribution in [0.5, 0.6) is 0 Å². The van der Waals surface area contributed by atoms with Crippen LogP contribution in [0.2, 0.25) is 5.02 Å². The second-order valence-electron chi connectivity index (χ2n) is 5.68. The molecule has 0 aromatic heterocycles. The van der Waals surface area contributed by atoms with E-state index in [9.17, 15) is 22.8 Å². The van der Waals surface area contributed by atoms with Gasteiger partial charge in [0, 0.05) is 16.3 Å². The van der Waals surface area contributed by atoms with Crippen molar-refractivity contribution in [3.8, 4) is 0 Å². The maximum absolute atomic E-state index is 13.1. The number of alkyl halides is 3. The van der Waals surface area contributed by atoms with Gasteiger partial charge in [0.05, 0.1) is 11.3 Å². The first-order valence-corrected chi connectivity index (χ1v) is 8.01. The summed E-state index contributed by atoms with van der Waals surface area (Å²) in [5, 5.41) is 5.03. The third kappa shape index (κ3) is 4.98. The van der Waals surface area contributed by atoms with Crippen LogP contribution >= 0.6 is 11.6 Å². The van der Waals surface area contributed by atoms with E-state index in [2.05, 4.69) is 10.6 Å². The number of Topliss-reactive ketones (excluding diaryl/α,β-unsaturated/α-hetero) is 1. The van der Waals surface area contributed by atoms with E-state index in [1.165, 1.54) is 19.9 Å². The Kier molecular flexibility index (Phi) is 5.92. The number of halogens is 4. The predicted octanol–water partition coefficient (Wildman–Crippen LogP) is 5.00. The highest BCUT2D eigenvalue weighted by molar-refractivity contribution is 6.30. The van der Waals surface area contributed by atoms with E-state index in [1.54, 1.807) is 24.3 Å². The van der Waals surface area contributed by atoms with Gasteiger partial charge in [0.25, 0.3) is 0 Å². The maximum atomic E-state index is 13.1. The van der Waals surface area contributed by atoms with Crippen molar-refractivity contribution >= 4 is 34.7 Å². The summed E-state index contributed by atoms with van der Waals surface area (Å²) in [6, 6.07) is 8.77. The van der Waals surface area contributed by atoms with Gasteiger partial charge in [0.1, 0.15) is 6.04 Å². The first-order chi connectivity index (χ1) is 12.1. The zero-order valence-corrected chi connectivity index (χ0v) is 14.7. The van der Waals surface area contributed by atoms with Gasteiger partial charge in [-0.3, -0.25) is 9.59 Å². The Morgan fingerprint density at radius 3 is 2.42 bits per heavy atom. The molecule has 26 heavy (non-hydrogen) atoms. The Morgan fingerprint density at radius 1 is 1.12 bits per heavy atom. The SMILES string of the molecule is CC(=O)c1cccc(NC(C)C(=O)Nc2ccc(Cl)cc2C(F)(F)F)c1. The van der Waals surface area contributed by atoms with Gasteiger partial charge in [-0.1, -0.05) is 23.7 Å². The highest BCUT2D eigenvalue weighted by Crippen LogP contribution is 2.36. The Balaban J connectivity index is 2.15. The van der Waals surface area contributed by atoms with E-state index in [0.717, 1.165) is 12.1 Å². The normalized spacial score (nSPS) is 12.4. The molecule has 2 aromatic carbocycles. The molecule has 138 valence electrons. The average Bonchev–Trinajstić information content (AvgIpc) is 2.55. The Labute approximate surface area is 153 Å². The monoisotopic (exact) mass is 384 g/mol. The predicted molar refractivity (Wildman–Crippen MR) is 94.6 cm³/mol. The van der Waals surface area contributed by atoms with Gasteiger partial charge in [-0.25, -0.2) is 0 Å². The molecule has 0 spiro atoms. The van der Waals surface area contributed by atoms with Crippen molar-refractivity contribution in [2.45, 2.75) is 26.1 Å². The number of anilines is 2. The summed E-state index contributed by atoms with van der Waals surface area (Å²) in [6.07, 6.45) is -4.65. The van der Waals surface area contributed by atoms with Gasteiger partial charge in [-0.2, -0.15) is 13.2 Å². The van der Waals surface area contributed by atoms with Crippen LogP contribution in [-0.2, 0) is 11.0 Å². The Hall–Kier alpha value is -2.54. The zero-order valence-electron chi connectivity index (χ0n) is 13.9. The fraction of sp³-hybridized carbons (Fsp3) is 0.222. The molecule has 0 saturated heterocycles. The van der Waals surface area contributed by atoms with E-state index in [-0.39, 0.29) is 16.5 Å². The van der Waals surface area contributed by atoms with Crippen LogP contribution in [0.15, 0.2) is 42.5 Å². The lowest BCUT2D eigenvalue weighted by Crippen LogP contribution is -2.32. The number of hydrogen-bond donors (Lipinski definition) is 2. The van der Waals surface area contributed by atoms with Crippen LogP contribution in [0.3, 0.4) is 0 Å². The van der Waals surface area contributed by atoms with Crippen molar-refractivity contribution in [3.63, 3.8) is 0 Å². The molecule has 1 atom stereocenters. The van der Waals surface area contributed by atoms with Crippen LogP contribution in [0, 0.1) is 0 Å². The smallest absolute Gasteiger partial charge is 0.374 e. The average molecular weight is 385 g/mol. The summed E-state index contributed by atoms with van der Waals surface area (Å²) in [5.41, 5.74) is -0.436. The second kappa shape index (κ2) is 7.78. The molecule has 4 nitrogen and oxygen atoms in total. The minimum atomic E-state index is -4.65. The molecule has 2 rings (SSSR count). The van der Waals surface area contributed by atoms with E-state index in [0.29, 0.717) is 11.3 Å². The fourth-order valence-electron chi connectivity index (χ4n) is 2.24. The number of carbonyl (C=O) groups excluding carboxylic acids is 2. The quantitative estimate of drug-likeness (QED) is 0.713. The summed E-state index contributed by atoms with van der Waals surface area (Å²) in [6.45, 7) is 2.91. The largest absolute Gasteiger partial charge is 0.418 e. The molecule has 0 aliphatic heterocycles. The molecule has 2 aromatic rings. The third-order valence-corrected chi connectivity index (χ3v) is 3.83. The van der Waals surface area contributed by atoms with Gasteiger partial charge in [-0.05, 0) is 44.2 Å². The van der Waals surface area contributed by atoms with E-state index < -0.39 is 23.7 Å². The van der Waals surface area contributed by atoms with Gasteiger partial charge < -0.3 is 10.6 Å². The van der Waals surface area contributed by atoms with Crippen molar-refractivity contribution in [1.29, 1.82) is 0 Å². The standard InChI is InChI=1S/C18H16ClF3N2O2/c1-10(23-14-5-3-4-12(8-14)11(2)25)17(26)24-16-7-6-13(19)9-15(16)18(20,21)22/h3-10,23H,1-2H3,(H,24,26). The van der Waals surface area contributed by atoms with Gasteiger partial charge >= 0.3 is 6.18 Å². The second-order valence-corrected chi connectivity index (χ2v) is 6.12. The summed E-state index contributed by atoms with van der Waals surface area (Å²) in [4.78, 5) is 23.7. The van der Waals surface area contributed by atoms with Gasteiger partial charge in [-0.15, -0.1) is 0 Å². The van der Waals surface area contributed by atoms with Crippen LogP contribution in [0.1, 0.15) is 29.8 Å². The number of amides is 1. The lowest BCUT2D eigenvalue weighted by atomic mass is 10.1. The number of hydrogen-bond acceptors (Lipinski definition) is 3. The molecule has 0 bridgehead atoms. The minimum Gasteiger partial charge on any atom is -0.374 e. The van der Waals surface area contributed by atoms with Crippen molar-refractivity contribution < 1.29 is 22.8 Å². The molecular weight excluding hydrogens is 369 g/mol. The van der Waals surface area contributed by atoms with Crippen LogP contribution < -0.4 is 10.6 Å². The van der Waals surface area contributed by atoms with Crippen molar-refractivity contribution in [3.05, 3.63) is 58.6 Å². The molecule has 0 aliphatic carbocycles. The molecule has 0 radical (unpaired) electrons. The summed E-state index contributed by atoms with van der Waals surface area (Å²) < 4.78 is 39.3. The van der Waals surface area contributed by atoms with Crippen molar-refractivity contribution in [2.75, 3.05) is 10.6 Å². The number of carbonyl (C=O) groups is 2. The topological polar surface area (TPSA) is 58.2 Å². The van der Waals surface area contributed by atoms with Crippen LogP contribution in [0.25, 0.3) is 0 Å². The first-order valence-electron chi connectivity index (χ1n) is 7.63. The van der Waals surface area contributed by atoms with E-state index in [1.807, 2.05) is 0 Å². The number of ketones is 1. The van der Waals surface area contributed by atoms with E-state index in [4.69, 9.17) is 11.6 Å². The van der Waals surface area contributed by atoms with Crippen molar-refractivity contribution in [2.24, 2.45) is 0 Å². The minimum absolute atomic E-state index is 0.0810. The maximum Gasteiger partial charge on any atom is 0.418 e. The van der Waals surface area contributed by atoms with Crippen LogP contribution in [-0.4, -0.2) is 17.7 Å². The molecule has 2 N–H and O–H groups in total. The van der Waals surface area contributed by atoms with Crippen LogP contribution in [0.4, 0.5) is 24.5 Å². The summed E-state index contributed by atoms with van der Waals surface area (Å²) in [5.74, 6) is -0.798.